The molecule has 2 aliphatic rings. The monoisotopic (exact) mass is 440 g/mol. The van der Waals surface area contributed by atoms with Gasteiger partial charge in [-0.3, -0.25) is 14.5 Å². The summed E-state index contributed by atoms with van der Waals surface area (Å²) in [4.78, 5) is 20.2. The molecule has 5 nitrogen and oxygen atoms in total. The normalized spacial score (nSPS) is 19.5. The minimum atomic E-state index is -0.237. The van der Waals surface area contributed by atoms with Gasteiger partial charge in [0.25, 0.3) is 5.91 Å². The van der Waals surface area contributed by atoms with Gasteiger partial charge in [0.15, 0.2) is 0 Å². The van der Waals surface area contributed by atoms with Crippen molar-refractivity contribution >= 4 is 16.8 Å². The first-order chi connectivity index (χ1) is 16.0. The molecule has 2 bridgehead atoms. The summed E-state index contributed by atoms with van der Waals surface area (Å²) in [6.45, 7) is 1.91. The van der Waals surface area contributed by atoms with Crippen LogP contribution in [0.1, 0.15) is 52.5 Å². The third-order valence-electron chi connectivity index (χ3n) is 7.08. The van der Waals surface area contributed by atoms with Crippen molar-refractivity contribution in [2.24, 2.45) is 7.05 Å². The number of carbonyl (C=O) groups excluding carboxylic acids is 1. The van der Waals surface area contributed by atoms with Crippen LogP contribution < -0.4 is 0 Å². The Bertz CT molecular complexity index is 1390. The summed E-state index contributed by atoms with van der Waals surface area (Å²) in [5.41, 5.74) is 6.39. The third kappa shape index (κ3) is 3.24. The average molecular weight is 441 g/mol. The van der Waals surface area contributed by atoms with E-state index in [0.717, 1.165) is 64.7 Å². The number of piperidine rings is 1. The summed E-state index contributed by atoms with van der Waals surface area (Å²) < 4.78 is 16.1. The molecule has 1 saturated heterocycles. The number of amides is 1. The smallest absolute Gasteiger partial charge is 0.254 e. The number of carbonyl (C=O) groups is 1. The number of aromatic nitrogens is 3. The van der Waals surface area contributed by atoms with Gasteiger partial charge in [0.05, 0.1) is 22.9 Å². The first-order valence-electron chi connectivity index (χ1n) is 11.5. The third-order valence-corrected chi connectivity index (χ3v) is 7.08. The Labute approximate surface area is 191 Å². The first-order valence-corrected chi connectivity index (χ1v) is 11.5. The molecule has 2 aromatic carbocycles. The molecular weight excluding hydrogens is 415 g/mol. The SMILES string of the molecule is Cc1cc(F)cc(-c2c3c(nn2C)C2CCCC(C3)N2C(=O)c2ccc3ncccc3c2)c1. The zero-order valence-electron chi connectivity index (χ0n) is 18.8. The summed E-state index contributed by atoms with van der Waals surface area (Å²) >= 11 is 0. The van der Waals surface area contributed by atoms with Gasteiger partial charge in [-0.15, -0.1) is 0 Å². The van der Waals surface area contributed by atoms with Crippen LogP contribution in [0.25, 0.3) is 22.2 Å². The van der Waals surface area contributed by atoms with Crippen LogP contribution in [0.3, 0.4) is 0 Å². The number of benzene rings is 2. The van der Waals surface area contributed by atoms with Crippen LogP contribution in [-0.2, 0) is 13.5 Å². The average Bonchev–Trinajstić information content (AvgIpc) is 3.13. The molecule has 0 radical (unpaired) electrons. The molecule has 1 fully saturated rings. The highest BCUT2D eigenvalue weighted by Gasteiger charge is 2.43. The lowest BCUT2D eigenvalue weighted by Crippen LogP contribution is -2.49. The lowest BCUT2D eigenvalue weighted by molar-refractivity contribution is 0.0392. The highest BCUT2D eigenvalue weighted by atomic mass is 19.1. The Morgan fingerprint density at radius 3 is 2.85 bits per heavy atom. The van der Waals surface area contributed by atoms with E-state index >= 15 is 0 Å². The maximum absolute atomic E-state index is 14.2. The van der Waals surface area contributed by atoms with Crippen LogP contribution in [-0.4, -0.2) is 31.6 Å². The standard InChI is InChI=1S/C27H25FN4O/c1-16-11-19(14-20(28)12-16)26-22-15-21-6-3-7-24(25(22)30-31(26)2)32(21)27(33)18-8-9-23-17(13-18)5-4-10-29-23/h4-5,8-14,21,24H,3,6-7,15H2,1-2H3. The fourth-order valence-electron chi connectivity index (χ4n) is 5.74. The van der Waals surface area contributed by atoms with Crippen LogP contribution in [0, 0.1) is 12.7 Å². The summed E-state index contributed by atoms with van der Waals surface area (Å²) in [5, 5.41) is 5.84. The van der Waals surface area contributed by atoms with Gasteiger partial charge in [-0.25, -0.2) is 4.39 Å². The van der Waals surface area contributed by atoms with E-state index < -0.39 is 0 Å². The van der Waals surface area contributed by atoms with Crippen LogP contribution in [0.4, 0.5) is 4.39 Å². The highest BCUT2D eigenvalue weighted by Crippen LogP contribution is 2.45. The molecule has 0 aliphatic carbocycles. The second kappa shape index (κ2) is 7.51. The van der Waals surface area contributed by atoms with Gasteiger partial charge in [0.2, 0.25) is 0 Å². The number of rotatable bonds is 2. The van der Waals surface area contributed by atoms with Crippen LogP contribution in [0.5, 0.6) is 0 Å². The van der Waals surface area contributed by atoms with Gasteiger partial charge in [0, 0.05) is 41.4 Å². The summed E-state index contributed by atoms with van der Waals surface area (Å²) in [5.74, 6) is -0.187. The Morgan fingerprint density at radius 1 is 1.12 bits per heavy atom. The van der Waals surface area contributed by atoms with Crippen molar-refractivity contribution in [1.82, 2.24) is 19.7 Å². The lowest BCUT2D eigenvalue weighted by Gasteiger charge is -2.45. The lowest BCUT2D eigenvalue weighted by atomic mass is 9.81. The summed E-state index contributed by atoms with van der Waals surface area (Å²) in [6, 6.07) is 14.8. The van der Waals surface area contributed by atoms with E-state index in [9.17, 15) is 9.18 Å². The zero-order valence-corrected chi connectivity index (χ0v) is 18.8. The molecule has 0 saturated carbocycles. The number of aryl methyl sites for hydroxylation is 2. The van der Waals surface area contributed by atoms with Crippen molar-refractivity contribution in [3.63, 3.8) is 0 Å². The predicted molar refractivity (Wildman–Crippen MR) is 125 cm³/mol. The molecule has 2 atom stereocenters. The van der Waals surface area contributed by atoms with Crippen molar-refractivity contribution in [2.75, 3.05) is 0 Å². The Balaban J connectivity index is 1.42. The Hall–Kier alpha value is -3.54. The van der Waals surface area contributed by atoms with E-state index in [0.29, 0.717) is 5.56 Å². The fraction of sp³-hybridized carbons (Fsp3) is 0.296. The van der Waals surface area contributed by atoms with E-state index in [1.54, 1.807) is 18.3 Å². The van der Waals surface area contributed by atoms with Crippen molar-refractivity contribution in [1.29, 1.82) is 0 Å². The molecule has 4 heterocycles. The number of hydrogen-bond donors (Lipinski definition) is 0. The predicted octanol–water partition coefficient (Wildman–Crippen LogP) is 5.37. The number of halogens is 1. The largest absolute Gasteiger partial charge is 0.327 e. The Morgan fingerprint density at radius 2 is 2.00 bits per heavy atom. The second-order valence-electron chi connectivity index (χ2n) is 9.28. The molecule has 4 aromatic rings. The molecular formula is C27H25FN4O. The van der Waals surface area contributed by atoms with E-state index in [4.69, 9.17) is 5.10 Å². The van der Waals surface area contributed by atoms with Crippen molar-refractivity contribution in [2.45, 2.75) is 44.7 Å². The van der Waals surface area contributed by atoms with E-state index in [-0.39, 0.29) is 23.8 Å². The maximum atomic E-state index is 14.2. The quantitative estimate of drug-likeness (QED) is 0.421. The first kappa shape index (κ1) is 20.1. The second-order valence-corrected chi connectivity index (χ2v) is 9.28. The molecule has 0 spiro atoms. The van der Waals surface area contributed by atoms with Crippen LogP contribution in [0.15, 0.2) is 54.7 Å². The fourth-order valence-corrected chi connectivity index (χ4v) is 5.74. The zero-order chi connectivity index (χ0) is 22.7. The number of fused-ring (bicyclic) bond motifs is 5. The van der Waals surface area contributed by atoms with Crippen molar-refractivity contribution in [3.8, 4) is 11.3 Å². The minimum absolute atomic E-state index is 0.0508. The topological polar surface area (TPSA) is 51.0 Å². The molecule has 2 unspecified atom stereocenters. The molecule has 6 rings (SSSR count). The van der Waals surface area contributed by atoms with E-state index in [2.05, 4.69) is 9.88 Å². The molecule has 2 aromatic heterocycles. The number of nitrogens with zero attached hydrogens (tertiary/aromatic N) is 4. The van der Waals surface area contributed by atoms with E-state index in [1.165, 1.54) is 0 Å². The number of hydrogen-bond acceptors (Lipinski definition) is 3. The van der Waals surface area contributed by atoms with Gasteiger partial charge in [-0.2, -0.15) is 5.10 Å². The number of pyridine rings is 1. The van der Waals surface area contributed by atoms with E-state index in [1.807, 2.05) is 55.1 Å². The van der Waals surface area contributed by atoms with Gasteiger partial charge in [0.1, 0.15) is 5.82 Å². The van der Waals surface area contributed by atoms with Crippen molar-refractivity contribution < 1.29 is 9.18 Å². The van der Waals surface area contributed by atoms with Crippen molar-refractivity contribution in [3.05, 3.63) is 82.9 Å². The van der Waals surface area contributed by atoms with Gasteiger partial charge in [-0.05, 0) is 80.6 Å². The van der Waals surface area contributed by atoms with Gasteiger partial charge >= 0.3 is 0 Å². The summed E-state index contributed by atoms with van der Waals surface area (Å²) in [7, 11) is 1.92. The van der Waals surface area contributed by atoms with Crippen LogP contribution >= 0.6 is 0 Å². The van der Waals surface area contributed by atoms with Gasteiger partial charge < -0.3 is 4.90 Å². The highest BCUT2D eigenvalue weighted by molar-refractivity contribution is 5.98. The minimum Gasteiger partial charge on any atom is -0.327 e. The molecule has 2 aliphatic heterocycles. The summed E-state index contributed by atoms with van der Waals surface area (Å²) in [6.07, 6.45) is 5.44. The molecule has 33 heavy (non-hydrogen) atoms. The molecule has 0 N–H and O–H groups in total. The molecule has 166 valence electrons. The Kier molecular flexibility index (Phi) is 4.57. The maximum Gasteiger partial charge on any atom is 0.254 e. The van der Waals surface area contributed by atoms with Gasteiger partial charge in [-0.1, -0.05) is 6.07 Å². The van der Waals surface area contributed by atoms with Crippen LogP contribution in [0.2, 0.25) is 0 Å². The molecule has 1 amide bonds. The molecule has 6 heteroatoms.